The number of ether oxygens (including phenoxy) is 1. The van der Waals surface area contributed by atoms with Crippen molar-refractivity contribution < 1.29 is 27.1 Å². The van der Waals surface area contributed by atoms with Gasteiger partial charge in [0.15, 0.2) is 0 Å². The molecule has 2 unspecified atom stereocenters. The van der Waals surface area contributed by atoms with Gasteiger partial charge >= 0.3 is 12.3 Å². The molecule has 0 spiro atoms. The first-order valence-corrected chi connectivity index (χ1v) is 12.8. The van der Waals surface area contributed by atoms with Crippen molar-refractivity contribution in [2.24, 2.45) is 10.9 Å². The molecule has 2 aliphatic heterocycles. The molecule has 2 aliphatic carbocycles. The number of hydrogen-bond acceptors (Lipinski definition) is 4. The van der Waals surface area contributed by atoms with Gasteiger partial charge in [0.05, 0.1) is 17.3 Å². The minimum atomic E-state index is -4.80. The molecule has 0 bridgehead atoms. The van der Waals surface area contributed by atoms with Crippen molar-refractivity contribution in [1.82, 2.24) is 4.98 Å². The number of halogens is 4. The molecular formula is C26H31F4N3O2. The number of aromatic nitrogens is 1. The van der Waals surface area contributed by atoms with Crippen molar-refractivity contribution in [3.05, 3.63) is 34.5 Å². The minimum Gasteiger partial charge on any atom is -0.431 e. The predicted molar refractivity (Wildman–Crippen MR) is 124 cm³/mol. The van der Waals surface area contributed by atoms with Gasteiger partial charge in [0.1, 0.15) is 12.0 Å². The van der Waals surface area contributed by atoms with Crippen LogP contribution in [0.2, 0.25) is 0 Å². The predicted octanol–water partition coefficient (Wildman–Crippen LogP) is 7.38. The molecule has 190 valence electrons. The Morgan fingerprint density at radius 3 is 2.54 bits per heavy atom. The summed E-state index contributed by atoms with van der Waals surface area (Å²) < 4.78 is 62.1. The van der Waals surface area contributed by atoms with Crippen LogP contribution in [-0.2, 0) is 4.74 Å². The number of alkyl halides is 4. The van der Waals surface area contributed by atoms with Gasteiger partial charge in [0.25, 0.3) is 0 Å². The number of pyridine rings is 1. The van der Waals surface area contributed by atoms with E-state index in [-0.39, 0.29) is 28.9 Å². The second-order valence-corrected chi connectivity index (χ2v) is 10.1. The van der Waals surface area contributed by atoms with E-state index >= 15 is 4.39 Å². The van der Waals surface area contributed by atoms with Crippen molar-refractivity contribution in [2.75, 3.05) is 5.32 Å². The lowest BCUT2D eigenvalue weighted by Crippen LogP contribution is -2.35. The third-order valence-corrected chi connectivity index (χ3v) is 7.88. The van der Waals surface area contributed by atoms with Gasteiger partial charge in [-0.15, -0.1) is 0 Å². The van der Waals surface area contributed by atoms with E-state index in [1.807, 2.05) is 0 Å². The number of nitrogens with one attached hydrogen (secondary N) is 1. The highest BCUT2D eigenvalue weighted by Crippen LogP contribution is 2.45. The highest BCUT2D eigenvalue weighted by atomic mass is 19.4. The summed E-state index contributed by atoms with van der Waals surface area (Å²) in [5.74, 6) is -0.393. The second kappa shape index (κ2) is 9.90. The van der Waals surface area contributed by atoms with Crippen LogP contribution < -0.4 is 5.32 Å². The summed E-state index contributed by atoms with van der Waals surface area (Å²) in [6.45, 7) is 0. The lowest BCUT2D eigenvalue weighted by Gasteiger charge is -2.31. The number of aliphatic imine (C=N–C) groups is 1. The van der Waals surface area contributed by atoms with Crippen molar-refractivity contribution in [1.29, 1.82) is 0 Å². The molecule has 1 aromatic heterocycles. The van der Waals surface area contributed by atoms with Crippen molar-refractivity contribution >= 4 is 17.6 Å². The van der Waals surface area contributed by atoms with E-state index in [0.29, 0.717) is 18.6 Å². The molecule has 1 amide bonds. The molecule has 4 aliphatic rings. The standard InChI is InChI=1S/C26H31F4N3O2/c27-19-10-4-2-1-3-9-17(19)20-12-11-15-7-5-6-8-16(15)22(32-20)18-13-14-31-24-21(18)23(26(28,29)30)35-25(34)33-24/h13-14,17,19-20,23H,1-12H2,(H,31,33,34)/t17?,19-,20?,23-/m1/s1. The fourth-order valence-electron chi connectivity index (χ4n) is 6.17. The highest BCUT2D eigenvalue weighted by molar-refractivity contribution is 6.15. The van der Waals surface area contributed by atoms with E-state index < -0.39 is 24.5 Å². The van der Waals surface area contributed by atoms with Crippen molar-refractivity contribution in [2.45, 2.75) is 102 Å². The van der Waals surface area contributed by atoms with Crippen LogP contribution in [0.5, 0.6) is 0 Å². The number of cyclic esters (lactones) is 1. The number of carbonyl (C=O) groups excluding carboxylic acids is 1. The highest BCUT2D eigenvalue weighted by Gasteiger charge is 2.50. The van der Waals surface area contributed by atoms with Gasteiger partial charge in [-0.05, 0) is 63.0 Å². The number of nitrogens with zero attached hydrogens (tertiary/aromatic N) is 2. The maximum Gasteiger partial charge on any atom is 0.430 e. The molecule has 0 radical (unpaired) electrons. The number of rotatable bonds is 2. The Labute approximate surface area is 202 Å². The fraction of sp³-hybridized carbons (Fsp3) is 0.654. The third-order valence-electron chi connectivity index (χ3n) is 7.88. The monoisotopic (exact) mass is 493 g/mol. The molecule has 9 heteroatoms. The van der Waals surface area contributed by atoms with E-state index in [4.69, 9.17) is 9.73 Å². The van der Waals surface area contributed by atoms with Gasteiger partial charge in [-0.25, -0.2) is 14.2 Å². The normalized spacial score (nSPS) is 30.1. The summed E-state index contributed by atoms with van der Waals surface area (Å²) in [7, 11) is 0. The minimum absolute atomic E-state index is 0.156. The Kier molecular flexibility index (Phi) is 6.86. The molecule has 5 rings (SSSR count). The smallest absolute Gasteiger partial charge is 0.430 e. The van der Waals surface area contributed by atoms with E-state index in [2.05, 4.69) is 10.3 Å². The lowest BCUT2D eigenvalue weighted by molar-refractivity contribution is -0.206. The van der Waals surface area contributed by atoms with Crippen molar-refractivity contribution in [3.63, 3.8) is 0 Å². The van der Waals surface area contributed by atoms with Crippen LogP contribution in [0.15, 0.2) is 28.4 Å². The van der Waals surface area contributed by atoms with Crippen LogP contribution in [-0.4, -0.2) is 35.2 Å². The molecule has 35 heavy (non-hydrogen) atoms. The molecule has 5 nitrogen and oxygen atoms in total. The van der Waals surface area contributed by atoms with Gasteiger partial charge in [0, 0.05) is 17.7 Å². The van der Waals surface area contributed by atoms with Crippen LogP contribution >= 0.6 is 0 Å². The van der Waals surface area contributed by atoms with Crippen LogP contribution in [0.1, 0.15) is 94.3 Å². The molecule has 1 saturated carbocycles. The van der Waals surface area contributed by atoms with Gasteiger partial charge in [-0.1, -0.05) is 31.3 Å². The first kappa shape index (κ1) is 24.3. The maximum atomic E-state index is 15.3. The Morgan fingerprint density at radius 2 is 1.74 bits per heavy atom. The van der Waals surface area contributed by atoms with E-state index in [1.54, 1.807) is 0 Å². The number of allylic oxidation sites excluding steroid dienone is 2. The van der Waals surface area contributed by atoms with E-state index in [1.165, 1.54) is 17.8 Å². The molecule has 0 aromatic carbocycles. The number of carbonyl (C=O) groups is 1. The molecule has 0 saturated heterocycles. The van der Waals surface area contributed by atoms with Gasteiger partial charge in [-0.2, -0.15) is 13.2 Å². The molecular weight excluding hydrogens is 462 g/mol. The summed E-state index contributed by atoms with van der Waals surface area (Å²) in [4.78, 5) is 20.9. The molecule has 1 aromatic rings. The summed E-state index contributed by atoms with van der Waals surface area (Å²) in [5, 5.41) is 2.32. The first-order valence-electron chi connectivity index (χ1n) is 12.8. The zero-order chi connectivity index (χ0) is 24.6. The molecule has 1 fully saturated rings. The summed E-state index contributed by atoms with van der Waals surface area (Å²) >= 11 is 0. The van der Waals surface area contributed by atoms with Crippen LogP contribution in [0.25, 0.3) is 0 Å². The molecule has 4 atom stereocenters. The lowest BCUT2D eigenvalue weighted by atomic mass is 9.81. The Bertz CT molecular complexity index is 1040. The van der Waals surface area contributed by atoms with Crippen molar-refractivity contribution in [3.8, 4) is 0 Å². The summed E-state index contributed by atoms with van der Waals surface area (Å²) in [5.41, 5.74) is 2.76. The van der Waals surface area contributed by atoms with E-state index in [9.17, 15) is 18.0 Å². The Hall–Kier alpha value is -2.45. The largest absolute Gasteiger partial charge is 0.431 e. The number of amides is 1. The third kappa shape index (κ3) is 4.96. The average molecular weight is 494 g/mol. The second-order valence-electron chi connectivity index (χ2n) is 10.1. The average Bonchev–Trinajstić information content (AvgIpc) is 3.00. The van der Waals surface area contributed by atoms with Crippen LogP contribution in [0.4, 0.5) is 28.2 Å². The zero-order valence-electron chi connectivity index (χ0n) is 19.7. The zero-order valence-corrected chi connectivity index (χ0v) is 19.7. The van der Waals surface area contributed by atoms with Gasteiger partial charge < -0.3 is 4.74 Å². The molecule has 3 heterocycles. The van der Waals surface area contributed by atoms with Crippen LogP contribution in [0, 0.1) is 5.92 Å². The number of anilines is 1. The topological polar surface area (TPSA) is 63.6 Å². The summed E-state index contributed by atoms with van der Waals surface area (Å²) in [6, 6.07) is 1.24. The molecule has 1 N–H and O–H groups in total. The van der Waals surface area contributed by atoms with Gasteiger partial charge in [-0.3, -0.25) is 10.3 Å². The van der Waals surface area contributed by atoms with Crippen LogP contribution in [0.3, 0.4) is 0 Å². The number of fused-ring (bicyclic) bond motifs is 1. The van der Waals surface area contributed by atoms with Gasteiger partial charge in [0.2, 0.25) is 6.10 Å². The fourth-order valence-corrected chi connectivity index (χ4v) is 6.17. The SMILES string of the molecule is O=C1Nc2nccc(C3=NC(C4CCCCCC[C@H]4F)CCC4=C3CCCC4)c2[C@H](C(F)(F)F)O1. The Balaban J connectivity index is 1.64. The Morgan fingerprint density at radius 1 is 0.971 bits per heavy atom. The quantitative estimate of drug-likeness (QED) is 0.437. The van der Waals surface area contributed by atoms with E-state index in [0.717, 1.165) is 69.8 Å². The maximum absolute atomic E-state index is 15.3. The number of hydrogen-bond donors (Lipinski definition) is 1. The summed E-state index contributed by atoms with van der Waals surface area (Å²) in [6.07, 6.45) is 2.26. The first-order chi connectivity index (χ1) is 16.8.